The molecule has 1 aliphatic rings. The third-order valence-electron chi connectivity index (χ3n) is 4.89. The Balaban J connectivity index is 1.76. The topological polar surface area (TPSA) is 48.9 Å². The monoisotopic (exact) mass is 346 g/mol. The van der Waals surface area contributed by atoms with Crippen molar-refractivity contribution in [2.24, 2.45) is 4.99 Å². The van der Waals surface area contributed by atoms with Gasteiger partial charge >= 0.3 is 0 Å². The summed E-state index contributed by atoms with van der Waals surface area (Å²) in [6, 6.07) is 8.93. The van der Waals surface area contributed by atoms with Gasteiger partial charge in [-0.2, -0.15) is 0 Å². The smallest absolute Gasteiger partial charge is 0.191 e. The van der Waals surface area contributed by atoms with Crippen LogP contribution in [0.1, 0.15) is 38.2 Å². The quantitative estimate of drug-likeness (QED) is 0.533. The Bertz CT molecular complexity index is 526. The van der Waals surface area contributed by atoms with Gasteiger partial charge in [-0.3, -0.25) is 4.99 Å². The van der Waals surface area contributed by atoms with Crippen LogP contribution in [0.4, 0.5) is 0 Å². The molecule has 2 N–H and O–H groups in total. The first-order valence-electron chi connectivity index (χ1n) is 9.59. The summed E-state index contributed by atoms with van der Waals surface area (Å²) >= 11 is 0. The van der Waals surface area contributed by atoms with Gasteiger partial charge in [0.15, 0.2) is 5.96 Å². The molecule has 25 heavy (non-hydrogen) atoms. The van der Waals surface area contributed by atoms with Gasteiger partial charge in [0.05, 0.1) is 13.7 Å². The molecule has 2 rings (SSSR count). The lowest BCUT2D eigenvalue weighted by Crippen LogP contribution is -2.39. The summed E-state index contributed by atoms with van der Waals surface area (Å²) in [4.78, 5) is 7.19. The van der Waals surface area contributed by atoms with Crippen LogP contribution in [0, 0.1) is 0 Å². The van der Waals surface area contributed by atoms with Crippen molar-refractivity contribution in [3.8, 4) is 5.75 Å². The van der Waals surface area contributed by atoms with Crippen molar-refractivity contribution in [2.75, 3.05) is 40.3 Å². The summed E-state index contributed by atoms with van der Waals surface area (Å²) in [5, 5.41) is 6.76. The number of para-hydroxylation sites is 1. The van der Waals surface area contributed by atoms with Gasteiger partial charge in [-0.25, -0.2) is 0 Å². The van der Waals surface area contributed by atoms with Crippen molar-refractivity contribution >= 4 is 5.96 Å². The predicted octanol–water partition coefficient (Wildman–Crippen LogP) is 2.67. The summed E-state index contributed by atoms with van der Waals surface area (Å²) in [5.41, 5.74) is 1.22. The van der Waals surface area contributed by atoms with Crippen molar-refractivity contribution in [3.05, 3.63) is 29.8 Å². The lowest BCUT2D eigenvalue weighted by atomic mass is 10.1. The molecular weight excluding hydrogens is 312 g/mol. The average molecular weight is 347 g/mol. The molecule has 1 aliphatic carbocycles. The molecule has 1 aromatic carbocycles. The molecule has 0 heterocycles. The van der Waals surface area contributed by atoms with Gasteiger partial charge < -0.3 is 20.3 Å². The fourth-order valence-electron chi connectivity index (χ4n) is 3.41. The Kier molecular flexibility index (Phi) is 8.60. The van der Waals surface area contributed by atoms with E-state index < -0.39 is 0 Å². The minimum Gasteiger partial charge on any atom is -0.496 e. The van der Waals surface area contributed by atoms with Crippen molar-refractivity contribution in [3.63, 3.8) is 0 Å². The summed E-state index contributed by atoms with van der Waals surface area (Å²) < 4.78 is 5.41. The van der Waals surface area contributed by atoms with Gasteiger partial charge in [0.25, 0.3) is 0 Å². The zero-order valence-electron chi connectivity index (χ0n) is 16.1. The normalized spacial score (nSPS) is 15.6. The molecule has 1 fully saturated rings. The van der Waals surface area contributed by atoms with Crippen molar-refractivity contribution < 1.29 is 4.74 Å². The molecule has 0 atom stereocenters. The van der Waals surface area contributed by atoms with E-state index in [2.05, 4.69) is 41.6 Å². The number of nitrogens with zero attached hydrogens (tertiary/aromatic N) is 2. The molecular formula is C20H34N4O. The Morgan fingerprint density at radius 1 is 1.24 bits per heavy atom. The Morgan fingerprint density at radius 3 is 2.72 bits per heavy atom. The van der Waals surface area contributed by atoms with Gasteiger partial charge in [-0.1, -0.05) is 31.0 Å². The third kappa shape index (κ3) is 6.58. The van der Waals surface area contributed by atoms with E-state index >= 15 is 0 Å². The van der Waals surface area contributed by atoms with Gasteiger partial charge in [0, 0.05) is 25.7 Å². The Morgan fingerprint density at radius 2 is 2.00 bits per heavy atom. The fourth-order valence-corrected chi connectivity index (χ4v) is 3.41. The molecule has 5 nitrogen and oxygen atoms in total. The van der Waals surface area contributed by atoms with Crippen molar-refractivity contribution in [1.82, 2.24) is 15.5 Å². The van der Waals surface area contributed by atoms with E-state index in [0.29, 0.717) is 0 Å². The number of rotatable bonds is 9. The van der Waals surface area contributed by atoms with Crippen LogP contribution in [0.3, 0.4) is 0 Å². The van der Waals surface area contributed by atoms with Gasteiger partial charge in [-0.15, -0.1) is 0 Å². The third-order valence-corrected chi connectivity index (χ3v) is 4.89. The maximum absolute atomic E-state index is 5.41. The zero-order valence-corrected chi connectivity index (χ0v) is 16.1. The number of benzene rings is 1. The maximum Gasteiger partial charge on any atom is 0.191 e. The first-order chi connectivity index (χ1) is 12.2. The van der Waals surface area contributed by atoms with Crippen LogP contribution in [0.2, 0.25) is 0 Å². The van der Waals surface area contributed by atoms with Gasteiger partial charge in [0.2, 0.25) is 0 Å². The second-order valence-corrected chi connectivity index (χ2v) is 6.67. The molecule has 0 unspecified atom stereocenters. The summed E-state index contributed by atoms with van der Waals surface area (Å²) in [7, 11) is 3.95. The second kappa shape index (κ2) is 11.0. The second-order valence-electron chi connectivity index (χ2n) is 6.67. The highest BCUT2D eigenvalue weighted by Gasteiger charge is 2.18. The van der Waals surface area contributed by atoms with Gasteiger partial charge in [0.1, 0.15) is 5.75 Å². The SMILES string of the molecule is CCNC(=NCCN(C)C1CCCC1)NCCc1ccccc1OC. The molecule has 140 valence electrons. The first-order valence-corrected chi connectivity index (χ1v) is 9.59. The minimum absolute atomic E-state index is 0.760. The average Bonchev–Trinajstić information content (AvgIpc) is 3.17. The number of nitrogens with one attached hydrogen (secondary N) is 2. The highest BCUT2D eigenvalue weighted by Crippen LogP contribution is 2.21. The standard InChI is InChI=1S/C20H34N4O/c1-4-21-20(23-15-16-24(2)18-10-6-7-11-18)22-14-13-17-9-5-8-12-19(17)25-3/h5,8-9,12,18H,4,6-7,10-11,13-16H2,1-3H3,(H2,21,22,23). The van der Waals surface area contributed by atoms with Crippen LogP contribution in [0.5, 0.6) is 5.75 Å². The van der Waals surface area contributed by atoms with Crippen LogP contribution in [-0.4, -0.2) is 57.2 Å². The van der Waals surface area contributed by atoms with E-state index in [1.165, 1.54) is 31.2 Å². The van der Waals surface area contributed by atoms with E-state index in [4.69, 9.17) is 9.73 Å². The van der Waals surface area contributed by atoms with E-state index in [0.717, 1.165) is 50.4 Å². The van der Waals surface area contributed by atoms with Crippen LogP contribution >= 0.6 is 0 Å². The number of ether oxygens (including phenoxy) is 1. The molecule has 5 heteroatoms. The van der Waals surface area contributed by atoms with E-state index in [-0.39, 0.29) is 0 Å². The van der Waals surface area contributed by atoms with Crippen LogP contribution in [-0.2, 0) is 6.42 Å². The number of aliphatic imine (C=N–C) groups is 1. The largest absolute Gasteiger partial charge is 0.496 e. The van der Waals surface area contributed by atoms with E-state index in [1.54, 1.807) is 7.11 Å². The minimum atomic E-state index is 0.760. The molecule has 0 spiro atoms. The number of guanidine groups is 1. The van der Waals surface area contributed by atoms with Crippen molar-refractivity contribution in [2.45, 2.75) is 45.1 Å². The number of likely N-dealkylation sites (N-methyl/N-ethyl adjacent to an activating group) is 1. The van der Waals surface area contributed by atoms with Crippen LogP contribution < -0.4 is 15.4 Å². The molecule has 1 aromatic rings. The zero-order chi connectivity index (χ0) is 17.9. The van der Waals surface area contributed by atoms with E-state index in [9.17, 15) is 0 Å². The Labute approximate surface area is 152 Å². The van der Waals surface area contributed by atoms with Crippen LogP contribution in [0.15, 0.2) is 29.3 Å². The lowest BCUT2D eigenvalue weighted by molar-refractivity contribution is 0.252. The molecule has 1 saturated carbocycles. The summed E-state index contributed by atoms with van der Waals surface area (Å²) in [6.45, 7) is 5.66. The number of hydrogen-bond donors (Lipinski definition) is 2. The highest BCUT2D eigenvalue weighted by atomic mass is 16.5. The molecule has 0 amide bonds. The van der Waals surface area contributed by atoms with Gasteiger partial charge in [-0.05, 0) is 44.9 Å². The van der Waals surface area contributed by atoms with Crippen LogP contribution in [0.25, 0.3) is 0 Å². The van der Waals surface area contributed by atoms with Crippen molar-refractivity contribution in [1.29, 1.82) is 0 Å². The fraction of sp³-hybridized carbons (Fsp3) is 0.650. The maximum atomic E-state index is 5.41. The molecule has 0 aromatic heterocycles. The molecule has 0 bridgehead atoms. The highest BCUT2D eigenvalue weighted by molar-refractivity contribution is 5.79. The van der Waals surface area contributed by atoms with E-state index in [1.807, 2.05) is 12.1 Å². The number of hydrogen-bond acceptors (Lipinski definition) is 3. The lowest BCUT2D eigenvalue weighted by Gasteiger charge is -2.23. The molecule has 0 radical (unpaired) electrons. The molecule has 0 saturated heterocycles. The Hall–Kier alpha value is -1.75. The summed E-state index contributed by atoms with van der Waals surface area (Å²) in [5.74, 6) is 1.85. The first kappa shape index (κ1) is 19.6. The molecule has 0 aliphatic heterocycles. The predicted molar refractivity (Wildman–Crippen MR) is 106 cm³/mol. The summed E-state index contributed by atoms with van der Waals surface area (Å²) in [6.07, 6.45) is 6.36. The number of methoxy groups -OCH3 is 1.